The number of aromatic amines is 1. The molecule has 3 nitrogen and oxygen atoms in total. The van der Waals surface area contributed by atoms with Crippen LogP contribution in [0, 0.1) is 5.82 Å². The predicted molar refractivity (Wildman–Crippen MR) is 76.6 cm³/mol. The van der Waals surface area contributed by atoms with Crippen molar-refractivity contribution in [2.24, 2.45) is 0 Å². The lowest BCUT2D eigenvalue weighted by atomic mass is 9.99. The van der Waals surface area contributed by atoms with Gasteiger partial charge in [0.25, 0.3) is 0 Å². The fourth-order valence-electron chi connectivity index (χ4n) is 2.28. The van der Waals surface area contributed by atoms with Crippen molar-refractivity contribution < 1.29 is 4.39 Å². The van der Waals surface area contributed by atoms with E-state index in [2.05, 4.69) is 22.1 Å². The number of hydrogen-bond acceptors (Lipinski definition) is 2. The number of aromatic nitrogens is 3. The van der Waals surface area contributed by atoms with Gasteiger partial charge < -0.3 is 0 Å². The summed E-state index contributed by atoms with van der Waals surface area (Å²) in [6.45, 7) is 2.08. The minimum Gasteiger partial charge on any atom is -0.281 e. The third-order valence-electron chi connectivity index (χ3n) is 3.28. The molecule has 3 rings (SSSR count). The van der Waals surface area contributed by atoms with Crippen LogP contribution in [0.15, 0.2) is 48.8 Å². The van der Waals surface area contributed by atoms with E-state index in [4.69, 9.17) is 0 Å². The second-order valence-electron chi connectivity index (χ2n) is 4.52. The van der Waals surface area contributed by atoms with E-state index in [1.807, 2.05) is 12.1 Å². The molecule has 0 bridgehead atoms. The highest BCUT2D eigenvalue weighted by Gasteiger charge is 2.15. The van der Waals surface area contributed by atoms with Gasteiger partial charge in [0.15, 0.2) is 0 Å². The van der Waals surface area contributed by atoms with E-state index in [1.54, 1.807) is 24.5 Å². The molecule has 0 fully saturated rings. The number of nitrogens with one attached hydrogen (secondary N) is 1. The number of aryl methyl sites for hydroxylation is 1. The second-order valence-corrected chi connectivity index (χ2v) is 4.52. The van der Waals surface area contributed by atoms with E-state index >= 15 is 0 Å². The average Bonchev–Trinajstić information content (AvgIpc) is 2.93. The number of benzene rings is 1. The molecule has 0 unspecified atom stereocenters. The molecular formula is C16H14FN3. The monoisotopic (exact) mass is 267 g/mol. The molecule has 1 aromatic carbocycles. The van der Waals surface area contributed by atoms with E-state index in [9.17, 15) is 4.39 Å². The van der Waals surface area contributed by atoms with Gasteiger partial charge in [-0.2, -0.15) is 5.10 Å². The molecule has 0 atom stereocenters. The maximum absolute atomic E-state index is 13.1. The van der Waals surface area contributed by atoms with Crippen molar-refractivity contribution >= 4 is 0 Å². The number of rotatable bonds is 3. The lowest BCUT2D eigenvalue weighted by molar-refractivity contribution is 0.628. The van der Waals surface area contributed by atoms with Crippen molar-refractivity contribution in [2.75, 3.05) is 0 Å². The first-order valence-electron chi connectivity index (χ1n) is 6.53. The minimum atomic E-state index is -0.245. The van der Waals surface area contributed by atoms with Crippen LogP contribution in [0.4, 0.5) is 4.39 Å². The second kappa shape index (κ2) is 5.25. The Morgan fingerprint density at radius 1 is 1.00 bits per heavy atom. The SMILES string of the molecule is CCc1[nH]nc(-c2ccc(F)cc2)c1-c1ccncc1. The molecule has 2 aromatic heterocycles. The van der Waals surface area contributed by atoms with Gasteiger partial charge in [0.05, 0.1) is 0 Å². The van der Waals surface area contributed by atoms with Crippen molar-refractivity contribution in [3.8, 4) is 22.4 Å². The van der Waals surface area contributed by atoms with Crippen LogP contribution in [0.5, 0.6) is 0 Å². The Hall–Kier alpha value is -2.49. The summed E-state index contributed by atoms with van der Waals surface area (Å²) in [7, 11) is 0. The number of H-pyrrole nitrogens is 1. The van der Waals surface area contributed by atoms with Gasteiger partial charge in [-0.15, -0.1) is 0 Å². The van der Waals surface area contributed by atoms with Gasteiger partial charge >= 0.3 is 0 Å². The van der Waals surface area contributed by atoms with Gasteiger partial charge in [0, 0.05) is 29.2 Å². The molecule has 0 aliphatic heterocycles. The van der Waals surface area contributed by atoms with E-state index in [1.165, 1.54) is 12.1 Å². The Balaban J connectivity index is 2.17. The fourth-order valence-corrected chi connectivity index (χ4v) is 2.28. The first-order chi connectivity index (χ1) is 9.79. The highest BCUT2D eigenvalue weighted by atomic mass is 19.1. The summed E-state index contributed by atoms with van der Waals surface area (Å²) in [5.41, 5.74) is 4.92. The minimum absolute atomic E-state index is 0.245. The molecule has 0 saturated carbocycles. The van der Waals surface area contributed by atoms with Gasteiger partial charge in [-0.1, -0.05) is 6.92 Å². The third kappa shape index (κ3) is 2.20. The van der Waals surface area contributed by atoms with Gasteiger partial charge in [0.1, 0.15) is 11.5 Å². The lowest BCUT2D eigenvalue weighted by Gasteiger charge is -2.05. The summed E-state index contributed by atoms with van der Waals surface area (Å²) in [6, 6.07) is 10.3. The first-order valence-corrected chi connectivity index (χ1v) is 6.53. The van der Waals surface area contributed by atoms with Crippen molar-refractivity contribution in [2.45, 2.75) is 13.3 Å². The molecule has 1 N–H and O–H groups in total. The summed E-state index contributed by atoms with van der Waals surface area (Å²) in [5, 5.41) is 7.47. The van der Waals surface area contributed by atoms with Crippen LogP contribution in [0.3, 0.4) is 0 Å². The Kier molecular flexibility index (Phi) is 3.29. The van der Waals surface area contributed by atoms with E-state index < -0.39 is 0 Å². The van der Waals surface area contributed by atoms with Crippen molar-refractivity contribution in [1.82, 2.24) is 15.2 Å². The summed E-state index contributed by atoms with van der Waals surface area (Å²) in [6.07, 6.45) is 4.37. The summed E-state index contributed by atoms with van der Waals surface area (Å²) in [5.74, 6) is -0.245. The van der Waals surface area contributed by atoms with Crippen LogP contribution >= 0.6 is 0 Å². The zero-order valence-electron chi connectivity index (χ0n) is 11.1. The average molecular weight is 267 g/mol. The van der Waals surface area contributed by atoms with Crippen LogP contribution in [0.2, 0.25) is 0 Å². The van der Waals surface area contributed by atoms with Gasteiger partial charge in [-0.3, -0.25) is 10.1 Å². The third-order valence-corrected chi connectivity index (χ3v) is 3.28. The number of nitrogens with zero attached hydrogens (tertiary/aromatic N) is 2. The maximum atomic E-state index is 13.1. The number of hydrogen-bond donors (Lipinski definition) is 1. The standard InChI is InChI=1S/C16H14FN3/c1-2-14-15(11-7-9-18-10-8-11)16(20-19-14)12-3-5-13(17)6-4-12/h3-10H,2H2,1H3,(H,19,20). The molecule has 0 saturated heterocycles. The molecule has 0 radical (unpaired) electrons. The normalized spacial score (nSPS) is 10.7. The van der Waals surface area contributed by atoms with Crippen molar-refractivity contribution in [3.63, 3.8) is 0 Å². The molecule has 20 heavy (non-hydrogen) atoms. The quantitative estimate of drug-likeness (QED) is 0.783. The Bertz CT molecular complexity index is 702. The predicted octanol–water partition coefficient (Wildman–Crippen LogP) is 3.84. The van der Waals surface area contributed by atoms with Crippen molar-refractivity contribution in [3.05, 3.63) is 60.3 Å². The smallest absolute Gasteiger partial charge is 0.123 e. The molecule has 100 valence electrons. The summed E-state index contributed by atoms with van der Waals surface area (Å²) >= 11 is 0. The summed E-state index contributed by atoms with van der Waals surface area (Å²) in [4.78, 5) is 4.04. The molecule has 0 aliphatic carbocycles. The largest absolute Gasteiger partial charge is 0.281 e. The molecule has 4 heteroatoms. The van der Waals surface area contributed by atoms with E-state index in [0.717, 1.165) is 34.5 Å². The first kappa shape index (κ1) is 12.5. The molecular weight excluding hydrogens is 253 g/mol. The lowest BCUT2D eigenvalue weighted by Crippen LogP contribution is -1.87. The maximum Gasteiger partial charge on any atom is 0.123 e. The molecule has 3 aromatic rings. The van der Waals surface area contributed by atoms with Crippen molar-refractivity contribution in [1.29, 1.82) is 0 Å². The molecule has 0 amide bonds. The topological polar surface area (TPSA) is 41.6 Å². The Morgan fingerprint density at radius 3 is 2.35 bits per heavy atom. The van der Waals surface area contributed by atoms with E-state index in [-0.39, 0.29) is 5.82 Å². The van der Waals surface area contributed by atoms with Crippen LogP contribution < -0.4 is 0 Å². The zero-order valence-corrected chi connectivity index (χ0v) is 11.1. The Labute approximate surface area is 116 Å². The highest BCUT2D eigenvalue weighted by Crippen LogP contribution is 2.33. The fraction of sp³-hybridized carbons (Fsp3) is 0.125. The highest BCUT2D eigenvalue weighted by molar-refractivity contribution is 5.82. The van der Waals surface area contributed by atoms with Crippen LogP contribution in [-0.2, 0) is 6.42 Å². The number of pyridine rings is 1. The van der Waals surface area contributed by atoms with Gasteiger partial charge in [-0.25, -0.2) is 4.39 Å². The number of halogens is 1. The van der Waals surface area contributed by atoms with Gasteiger partial charge in [-0.05, 0) is 48.4 Å². The summed E-state index contributed by atoms with van der Waals surface area (Å²) < 4.78 is 13.1. The van der Waals surface area contributed by atoms with E-state index in [0.29, 0.717) is 0 Å². The van der Waals surface area contributed by atoms with Crippen LogP contribution in [0.1, 0.15) is 12.6 Å². The molecule has 0 aliphatic rings. The van der Waals surface area contributed by atoms with Gasteiger partial charge in [0.2, 0.25) is 0 Å². The van der Waals surface area contributed by atoms with Crippen LogP contribution in [-0.4, -0.2) is 15.2 Å². The molecule has 0 spiro atoms. The van der Waals surface area contributed by atoms with Crippen LogP contribution in [0.25, 0.3) is 22.4 Å². The zero-order chi connectivity index (χ0) is 13.9. The molecule has 2 heterocycles. The Morgan fingerprint density at radius 2 is 1.70 bits per heavy atom.